The summed E-state index contributed by atoms with van der Waals surface area (Å²) in [6, 6.07) is 12.9. The zero-order chi connectivity index (χ0) is 20.6. The second kappa shape index (κ2) is 10.3. The summed E-state index contributed by atoms with van der Waals surface area (Å²) in [5.41, 5.74) is 1.68. The molecule has 0 aliphatic carbocycles. The van der Waals surface area contributed by atoms with Gasteiger partial charge in [-0.2, -0.15) is 0 Å². The first kappa shape index (κ1) is 21.2. The van der Waals surface area contributed by atoms with Crippen molar-refractivity contribution in [2.75, 3.05) is 18.0 Å². The van der Waals surface area contributed by atoms with Crippen LogP contribution in [0.5, 0.6) is 0 Å². The van der Waals surface area contributed by atoms with Crippen LogP contribution in [0, 0.1) is 0 Å². The van der Waals surface area contributed by atoms with E-state index in [1.54, 1.807) is 18.4 Å². The number of benzene rings is 1. The van der Waals surface area contributed by atoms with Crippen LogP contribution in [0.2, 0.25) is 5.15 Å². The lowest BCUT2D eigenvalue weighted by Crippen LogP contribution is -2.23. The fraction of sp³-hybridized carbons (Fsp3) is 0.286. The van der Waals surface area contributed by atoms with Crippen molar-refractivity contribution in [1.82, 2.24) is 15.3 Å². The molecule has 2 aromatic heterocycles. The topological polar surface area (TPSA) is 71.3 Å². The maximum atomic E-state index is 12.2. The molecule has 8 heteroatoms. The van der Waals surface area contributed by atoms with E-state index in [1.165, 1.54) is 11.8 Å². The molecule has 0 saturated carbocycles. The zero-order valence-electron chi connectivity index (χ0n) is 16.4. The van der Waals surface area contributed by atoms with E-state index in [-0.39, 0.29) is 5.91 Å². The molecular weight excluding hydrogens is 408 g/mol. The largest absolute Gasteiger partial charge is 0.467 e. The zero-order valence-corrected chi connectivity index (χ0v) is 18.0. The highest BCUT2D eigenvalue weighted by Gasteiger charge is 2.10. The van der Waals surface area contributed by atoms with Crippen molar-refractivity contribution >= 4 is 35.1 Å². The number of halogens is 1. The highest BCUT2D eigenvalue weighted by atomic mass is 35.5. The Kier molecular flexibility index (Phi) is 7.55. The van der Waals surface area contributed by atoms with Crippen LogP contribution in [-0.4, -0.2) is 29.0 Å². The highest BCUT2D eigenvalue weighted by molar-refractivity contribution is 7.98. The van der Waals surface area contributed by atoms with Gasteiger partial charge in [0, 0.05) is 30.5 Å². The van der Waals surface area contributed by atoms with E-state index in [4.69, 9.17) is 16.0 Å². The molecular formula is C21H23ClN4O2S. The molecule has 0 unspecified atom stereocenters. The average Bonchev–Trinajstić information content (AvgIpc) is 3.25. The lowest BCUT2D eigenvalue weighted by molar-refractivity contribution is 0.0948. The fourth-order valence-electron chi connectivity index (χ4n) is 2.74. The van der Waals surface area contributed by atoms with Gasteiger partial charge in [0.2, 0.25) is 0 Å². The minimum absolute atomic E-state index is 0.136. The van der Waals surface area contributed by atoms with Crippen molar-refractivity contribution in [1.29, 1.82) is 0 Å². The molecule has 1 N–H and O–H groups in total. The summed E-state index contributed by atoms with van der Waals surface area (Å²) in [5, 5.41) is 3.91. The Bertz CT molecular complexity index is 928. The molecule has 0 spiro atoms. The number of hydrogen-bond donors (Lipinski definition) is 1. The van der Waals surface area contributed by atoms with E-state index in [2.05, 4.69) is 34.0 Å². The standard InChI is InChI=1S/C21H23ClN4O2S/c1-3-26(4-2)19-12-18(22)24-21(25-19)29-14-15-7-9-16(10-8-15)20(27)23-13-17-6-5-11-28-17/h5-12H,3-4,13-14H2,1-2H3,(H,23,27). The van der Waals surface area contributed by atoms with E-state index in [9.17, 15) is 4.79 Å². The second-order valence-electron chi connectivity index (χ2n) is 6.25. The maximum Gasteiger partial charge on any atom is 0.251 e. The first-order chi connectivity index (χ1) is 14.1. The quantitative estimate of drug-likeness (QED) is 0.299. The second-order valence-corrected chi connectivity index (χ2v) is 7.58. The maximum absolute atomic E-state index is 12.2. The van der Waals surface area contributed by atoms with Crippen LogP contribution in [0.3, 0.4) is 0 Å². The van der Waals surface area contributed by atoms with E-state index >= 15 is 0 Å². The van der Waals surface area contributed by atoms with Crippen molar-refractivity contribution in [2.24, 2.45) is 0 Å². The molecule has 0 aliphatic heterocycles. The number of thioether (sulfide) groups is 1. The Hall–Kier alpha value is -2.51. The van der Waals surface area contributed by atoms with Crippen LogP contribution in [0.25, 0.3) is 0 Å². The molecule has 2 heterocycles. The average molecular weight is 431 g/mol. The summed E-state index contributed by atoms with van der Waals surface area (Å²) in [5.74, 6) is 2.10. The summed E-state index contributed by atoms with van der Waals surface area (Å²) in [4.78, 5) is 23.3. The number of nitrogens with one attached hydrogen (secondary N) is 1. The Morgan fingerprint density at radius 1 is 1.17 bits per heavy atom. The number of rotatable bonds is 9. The minimum Gasteiger partial charge on any atom is -0.467 e. The predicted molar refractivity (Wildman–Crippen MR) is 116 cm³/mol. The lowest BCUT2D eigenvalue weighted by Gasteiger charge is -2.20. The number of nitrogens with zero attached hydrogens (tertiary/aromatic N) is 3. The number of aromatic nitrogens is 2. The van der Waals surface area contributed by atoms with E-state index in [0.717, 1.165) is 30.2 Å². The fourth-order valence-corrected chi connectivity index (χ4v) is 3.78. The Balaban J connectivity index is 1.58. The van der Waals surface area contributed by atoms with Crippen molar-refractivity contribution < 1.29 is 9.21 Å². The number of carbonyl (C=O) groups is 1. The van der Waals surface area contributed by atoms with Crippen molar-refractivity contribution in [3.8, 4) is 0 Å². The van der Waals surface area contributed by atoms with Gasteiger partial charge in [0.25, 0.3) is 5.91 Å². The van der Waals surface area contributed by atoms with Gasteiger partial charge in [-0.25, -0.2) is 9.97 Å². The number of hydrogen-bond acceptors (Lipinski definition) is 6. The Morgan fingerprint density at radius 2 is 1.93 bits per heavy atom. The summed E-state index contributed by atoms with van der Waals surface area (Å²) in [7, 11) is 0. The molecule has 6 nitrogen and oxygen atoms in total. The number of amides is 1. The van der Waals surface area contributed by atoms with Gasteiger partial charge < -0.3 is 14.6 Å². The van der Waals surface area contributed by atoms with Crippen molar-refractivity contribution in [3.63, 3.8) is 0 Å². The van der Waals surface area contributed by atoms with Gasteiger partial charge in [-0.1, -0.05) is 35.5 Å². The van der Waals surface area contributed by atoms with E-state index in [0.29, 0.717) is 28.2 Å². The minimum atomic E-state index is -0.136. The first-order valence-corrected chi connectivity index (χ1v) is 10.8. The number of carbonyl (C=O) groups excluding carboxylic acids is 1. The molecule has 0 saturated heterocycles. The summed E-state index contributed by atoms with van der Waals surface area (Å²) >= 11 is 7.69. The van der Waals surface area contributed by atoms with Gasteiger partial charge in [0.1, 0.15) is 16.7 Å². The molecule has 0 aliphatic rings. The van der Waals surface area contributed by atoms with E-state index < -0.39 is 0 Å². The van der Waals surface area contributed by atoms with Crippen LogP contribution in [-0.2, 0) is 12.3 Å². The summed E-state index contributed by atoms with van der Waals surface area (Å²) in [6.45, 7) is 6.25. The molecule has 3 rings (SSSR count). The molecule has 0 fully saturated rings. The molecule has 0 atom stereocenters. The van der Waals surface area contributed by atoms with Crippen LogP contribution in [0.1, 0.15) is 35.5 Å². The van der Waals surface area contributed by atoms with Gasteiger partial charge in [0.05, 0.1) is 12.8 Å². The number of furan rings is 1. The van der Waals surface area contributed by atoms with Crippen LogP contribution >= 0.6 is 23.4 Å². The van der Waals surface area contributed by atoms with Gasteiger partial charge in [-0.15, -0.1) is 0 Å². The van der Waals surface area contributed by atoms with Gasteiger partial charge >= 0.3 is 0 Å². The third-order valence-corrected chi connectivity index (χ3v) is 5.45. The Morgan fingerprint density at radius 3 is 2.59 bits per heavy atom. The molecule has 1 amide bonds. The molecule has 29 heavy (non-hydrogen) atoms. The Labute approximate surface area is 179 Å². The van der Waals surface area contributed by atoms with Crippen LogP contribution < -0.4 is 10.2 Å². The third kappa shape index (κ3) is 5.98. The molecule has 1 aromatic carbocycles. The molecule has 0 bridgehead atoms. The summed E-state index contributed by atoms with van der Waals surface area (Å²) < 4.78 is 5.22. The smallest absolute Gasteiger partial charge is 0.251 e. The molecule has 3 aromatic rings. The van der Waals surface area contributed by atoms with E-state index in [1.807, 2.05) is 30.3 Å². The van der Waals surface area contributed by atoms with Gasteiger partial charge in [0.15, 0.2) is 5.16 Å². The first-order valence-electron chi connectivity index (χ1n) is 9.41. The monoisotopic (exact) mass is 430 g/mol. The normalized spacial score (nSPS) is 10.7. The highest BCUT2D eigenvalue weighted by Crippen LogP contribution is 2.24. The van der Waals surface area contributed by atoms with Crippen LogP contribution in [0.4, 0.5) is 5.82 Å². The number of anilines is 1. The van der Waals surface area contributed by atoms with Crippen molar-refractivity contribution in [2.45, 2.75) is 31.3 Å². The van der Waals surface area contributed by atoms with Gasteiger partial charge in [-0.05, 0) is 43.7 Å². The molecule has 0 radical (unpaired) electrons. The SMILES string of the molecule is CCN(CC)c1cc(Cl)nc(SCc2ccc(C(=O)NCc3ccco3)cc2)n1. The lowest BCUT2D eigenvalue weighted by atomic mass is 10.1. The summed E-state index contributed by atoms with van der Waals surface area (Å²) in [6.07, 6.45) is 1.59. The molecule has 152 valence electrons. The predicted octanol–water partition coefficient (Wildman–Crippen LogP) is 4.79. The third-order valence-electron chi connectivity index (χ3n) is 4.34. The van der Waals surface area contributed by atoms with Crippen molar-refractivity contribution in [3.05, 3.63) is 70.8 Å². The van der Waals surface area contributed by atoms with Gasteiger partial charge in [-0.3, -0.25) is 4.79 Å². The van der Waals surface area contributed by atoms with Crippen LogP contribution in [0.15, 0.2) is 58.3 Å².